The molecule has 0 aliphatic carbocycles. The number of fused-ring (bicyclic) bond motifs is 1. The topological polar surface area (TPSA) is 32.9 Å². The van der Waals surface area contributed by atoms with E-state index in [4.69, 9.17) is 0 Å². The van der Waals surface area contributed by atoms with Gasteiger partial charge in [-0.05, 0) is 35.0 Å². The minimum Gasteiger partial charge on any atom is -0.357 e. The van der Waals surface area contributed by atoms with Crippen molar-refractivity contribution in [2.75, 3.05) is 0 Å². The van der Waals surface area contributed by atoms with Gasteiger partial charge in [0, 0.05) is 16.2 Å². The van der Waals surface area contributed by atoms with Crippen LogP contribution in [0.4, 0.5) is 4.39 Å². The van der Waals surface area contributed by atoms with Crippen LogP contribution in [0.5, 0.6) is 0 Å². The first-order valence-electron chi connectivity index (χ1n) is 4.07. The largest absolute Gasteiger partial charge is 0.357 e. The summed E-state index contributed by atoms with van der Waals surface area (Å²) in [5, 5.41) is 0.102. The summed E-state index contributed by atoms with van der Waals surface area (Å²) in [5.74, 6) is -0.496. The summed E-state index contributed by atoms with van der Waals surface area (Å²) >= 11 is 3.26. The van der Waals surface area contributed by atoms with Crippen LogP contribution in [0.1, 0.15) is 5.69 Å². The third-order valence-corrected chi connectivity index (χ3v) is 2.68. The second-order valence-electron chi connectivity index (χ2n) is 3.10. The number of rotatable bonds is 0. The maximum Gasteiger partial charge on any atom is 0.192 e. The molecular formula is C10H7BrFNO. The molecule has 0 saturated carbocycles. The molecule has 0 aliphatic rings. The summed E-state index contributed by atoms with van der Waals surface area (Å²) in [4.78, 5) is 14.4. The van der Waals surface area contributed by atoms with Gasteiger partial charge in [-0.1, -0.05) is 0 Å². The molecule has 1 aromatic carbocycles. The fourth-order valence-electron chi connectivity index (χ4n) is 1.42. The van der Waals surface area contributed by atoms with Gasteiger partial charge in [-0.25, -0.2) is 4.39 Å². The van der Waals surface area contributed by atoms with Crippen LogP contribution < -0.4 is 5.43 Å². The van der Waals surface area contributed by atoms with Crippen molar-refractivity contribution in [1.29, 1.82) is 0 Å². The van der Waals surface area contributed by atoms with Gasteiger partial charge < -0.3 is 4.98 Å². The van der Waals surface area contributed by atoms with E-state index in [2.05, 4.69) is 20.9 Å². The zero-order valence-corrected chi connectivity index (χ0v) is 8.98. The molecule has 0 saturated heterocycles. The van der Waals surface area contributed by atoms with E-state index in [1.54, 1.807) is 13.0 Å². The van der Waals surface area contributed by atoms with Crippen molar-refractivity contribution in [3.05, 3.63) is 44.4 Å². The van der Waals surface area contributed by atoms with Crippen molar-refractivity contribution in [1.82, 2.24) is 4.98 Å². The smallest absolute Gasteiger partial charge is 0.192 e. The summed E-state index contributed by atoms with van der Waals surface area (Å²) in [5.41, 5.74) is 0.929. The number of hydrogen-bond acceptors (Lipinski definition) is 1. The van der Waals surface area contributed by atoms with Crippen molar-refractivity contribution in [3.8, 4) is 0 Å². The summed E-state index contributed by atoms with van der Waals surface area (Å²) in [6, 6.07) is 4.24. The Morgan fingerprint density at radius 1 is 1.43 bits per heavy atom. The number of aromatic amines is 1. The molecule has 2 rings (SSSR count). The normalized spacial score (nSPS) is 10.8. The first kappa shape index (κ1) is 9.40. The van der Waals surface area contributed by atoms with Gasteiger partial charge >= 0.3 is 0 Å². The van der Waals surface area contributed by atoms with E-state index in [-0.39, 0.29) is 10.8 Å². The van der Waals surface area contributed by atoms with Gasteiger partial charge in [-0.2, -0.15) is 0 Å². The zero-order chi connectivity index (χ0) is 10.3. The monoisotopic (exact) mass is 255 g/mol. The van der Waals surface area contributed by atoms with Gasteiger partial charge in [0.15, 0.2) is 5.43 Å². The minimum absolute atomic E-state index is 0.102. The molecule has 1 N–H and O–H groups in total. The van der Waals surface area contributed by atoms with Crippen LogP contribution in [0.25, 0.3) is 10.9 Å². The van der Waals surface area contributed by atoms with Crippen LogP contribution in [0.2, 0.25) is 0 Å². The molecular weight excluding hydrogens is 249 g/mol. The summed E-state index contributed by atoms with van der Waals surface area (Å²) in [6.45, 7) is 1.76. The third-order valence-electron chi connectivity index (χ3n) is 2.02. The van der Waals surface area contributed by atoms with Crippen LogP contribution in [0, 0.1) is 12.7 Å². The van der Waals surface area contributed by atoms with Gasteiger partial charge in [0.05, 0.1) is 10.9 Å². The van der Waals surface area contributed by atoms with Gasteiger partial charge in [-0.15, -0.1) is 0 Å². The number of H-pyrrole nitrogens is 1. The maximum atomic E-state index is 13.3. The highest BCUT2D eigenvalue weighted by atomic mass is 79.9. The van der Waals surface area contributed by atoms with E-state index in [9.17, 15) is 9.18 Å². The zero-order valence-electron chi connectivity index (χ0n) is 7.40. The second kappa shape index (κ2) is 3.20. The SMILES string of the molecule is Cc1cc(=O)c2c(F)ccc(Br)c2[nH]1. The van der Waals surface area contributed by atoms with E-state index in [0.717, 1.165) is 0 Å². The Labute approximate surface area is 87.9 Å². The van der Waals surface area contributed by atoms with Gasteiger partial charge in [0.2, 0.25) is 0 Å². The van der Waals surface area contributed by atoms with E-state index >= 15 is 0 Å². The van der Waals surface area contributed by atoms with E-state index < -0.39 is 5.82 Å². The van der Waals surface area contributed by atoms with E-state index in [1.807, 2.05) is 0 Å². The predicted octanol–water partition coefficient (Wildman–Crippen LogP) is 2.74. The molecule has 0 bridgehead atoms. The molecule has 0 atom stereocenters. The lowest BCUT2D eigenvalue weighted by Crippen LogP contribution is -2.05. The predicted molar refractivity (Wildman–Crippen MR) is 57.0 cm³/mol. The summed E-state index contributed by atoms with van der Waals surface area (Å²) < 4.78 is 14.0. The van der Waals surface area contributed by atoms with Crippen LogP contribution >= 0.6 is 15.9 Å². The molecule has 2 nitrogen and oxygen atoms in total. The standard InChI is InChI=1S/C10H7BrFNO/c1-5-4-8(14)9-7(12)3-2-6(11)10(9)13-5/h2-4H,1H3,(H,13,14). The van der Waals surface area contributed by atoms with Crippen LogP contribution in [0.3, 0.4) is 0 Å². The Morgan fingerprint density at radius 3 is 2.86 bits per heavy atom. The van der Waals surface area contributed by atoms with Crippen LogP contribution in [0.15, 0.2) is 27.5 Å². The average Bonchev–Trinajstić information content (AvgIpc) is 2.10. The van der Waals surface area contributed by atoms with Crippen molar-refractivity contribution in [3.63, 3.8) is 0 Å². The lowest BCUT2D eigenvalue weighted by atomic mass is 10.2. The van der Waals surface area contributed by atoms with Crippen LogP contribution in [-0.4, -0.2) is 4.98 Å². The van der Waals surface area contributed by atoms with Crippen LogP contribution in [-0.2, 0) is 0 Å². The lowest BCUT2D eigenvalue weighted by molar-refractivity contribution is 0.638. The van der Waals surface area contributed by atoms with Crippen molar-refractivity contribution < 1.29 is 4.39 Å². The average molecular weight is 256 g/mol. The number of pyridine rings is 1. The van der Waals surface area contributed by atoms with Crippen molar-refractivity contribution in [2.45, 2.75) is 6.92 Å². The highest BCUT2D eigenvalue weighted by Crippen LogP contribution is 2.22. The quantitative estimate of drug-likeness (QED) is 0.772. The molecule has 0 fully saturated rings. The number of aromatic nitrogens is 1. The fraction of sp³-hybridized carbons (Fsp3) is 0.100. The summed E-state index contributed by atoms with van der Waals surface area (Å²) in [6.07, 6.45) is 0. The number of aryl methyl sites for hydroxylation is 1. The van der Waals surface area contributed by atoms with Crippen molar-refractivity contribution >= 4 is 26.8 Å². The lowest BCUT2D eigenvalue weighted by Gasteiger charge is -2.02. The Kier molecular flexibility index (Phi) is 2.15. The number of hydrogen-bond donors (Lipinski definition) is 1. The molecule has 0 aliphatic heterocycles. The molecule has 0 radical (unpaired) electrons. The van der Waals surface area contributed by atoms with Gasteiger partial charge in [-0.3, -0.25) is 4.79 Å². The number of halogens is 2. The highest BCUT2D eigenvalue weighted by molar-refractivity contribution is 9.10. The number of benzene rings is 1. The Bertz CT molecular complexity index is 562. The molecule has 4 heteroatoms. The molecule has 2 aromatic rings. The molecule has 1 aromatic heterocycles. The highest BCUT2D eigenvalue weighted by Gasteiger charge is 2.08. The molecule has 0 unspecified atom stereocenters. The molecule has 14 heavy (non-hydrogen) atoms. The second-order valence-corrected chi connectivity index (χ2v) is 3.95. The third kappa shape index (κ3) is 1.35. The van der Waals surface area contributed by atoms with E-state index in [0.29, 0.717) is 15.7 Å². The van der Waals surface area contributed by atoms with Crippen molar-refractivity contribution in [2.24, 2.45) is 0 Å². The number of nitrogens with one attached hydrogen (secondary N) is 1. The van der Waals surface area contributed by atoms with Gasteiger partial charge in [0.1, 0.15) is 5.82 Å². The molecule has 1 heterocycles. The fourth-order valence-corrected chi connectivity index (χ4v) is 1.85. The minimum atomic E-state index is -0.496. The molecule has 0 amide bonds. The van der Waals surface area contributed by atoms with Gasteiger partial charge in [0.25, 0.3) is 0 Å². The Morgan fingerprint density at radius 2 is 2.14 bits per heavy atom. The maximum absolute atomic E-state index is 13.3. The summed E-state index contributed by atoms with van der Waals surface area (Å²) in [7, 11) is 0. The first-order valence-corrected chi connectivity index (χ1v) is 4.86. The first-order chi connectivity index (χ1) is 6.59. The molecule has 0 spiro atoms. The van der Waals surface area contributed by atoms with E-state index in [1.165, 1.54) is 12.1 Å². The molecule has 72 valence electrons. The Balaban J connectivity index is 3.08. The Hall–Kier alpha value is -1.16.